The van der Waals surface area contributed by atoms with Crippen LogP contribution in [0.5, 0.6) is 11.5 Å². The number of carbonyl (C=O) groups is 1. The van der Waals surface area contributed by atoms with Gasteiger partial charge in [-0.15, -0.1) is 0 Å². The Kier molecular flexibility index (Phi) is 4.66. The molecule has 5 heteroatoms. The van der Waals surface area contributed by atoms with Crippen LogP contribution in [0.1, 0.15) is 52.7 Å². The number of hydrogen-bond donors (Lipinski definition) is 0. The van der Waals surface area contributed by atoms with Crippen LogP contribution in [-0.4, -0.2) is 18.0 Å². The predicted molar refractivity (Wildman–Crippen MR) is 106 cm³/mol. The molecule has 2 aromatic rings. The molecule has 0 N–H and O–H groups in total. The Morgan fingerprint density at radius 2 is 1.81 bits per heavy atom. The highest BCUT2D eigenvalue weighted by atomic mass is 16.5. The van der Waals surface area contributed by atoms with Gasteiger partial charge < -0.3 is 18.7 Å². The molecule has 1 aromatic heterocycles. The van der Waals surface area contributed by atoms with Crippen molar-refractivity contribution in [1.29, 1.82) is 0 Å². The summed E-state index contributed by atoms with van der Waals surface area (Å²) in [6.45, 7) is 13.6. The third-order valence-corrected chi connectivity index (χ3v) is 5.61. The van der Waals surface area contributed by atoms with Crippen molar-refractivity contribution in [3.05, 3.63) is 39.3 Å². The van der Waals surface area contributed by atoms with Gasteiger partial charge in [0.1, 0.15) is 35.1 Å². The lowest BCUT2D eigenvalue weighted by molar-refractivity contribution is -0.112. The Bertz CT molecular complexity index is 1010. The van der Waals surface area contributed by atoms with Crippen LogP contribution in [0.3, 0.4) is 0 Å². The maximum absolute atomic E-state index is 11.9. The van der Waals surface area contributed by atoms with Crippen molar-refractivity contribution in [2.75, 3.05) is 0 Å². The Balaban J connectivity index is 2.36. The van der Waals surface area contributed by atoms with Gasteiger partial charge in [0.2, 0.25) is 0 Å². The number of hydrogen-bond acceptors (Lipinski definition) is 5. The minimum atomic E-state index is -0.493. The number of aryl methyl sites for hydroxylation is 1. The summed E-state index contributed by atoms with van der Waals surface area (Å²) in [6, 6.07) is 3.20. The molecule has 1 unspecified atom stereocenters. The van der Waals surface area contributed by atoms with Crippen LogP contribution < -0.4 is 15.1 Å². The van der Waals surface area contributed by atoms with Gasteiger partial charge in [0.15, 0.2) is 0 Å². The Morgan fingerprint density at radius 3 is 2.44 bits per heavy atom. The zero-order chi connectivity index (χ0) is 20.1. The second kappa shape index (κ2) is 6.55. The van der Waals surface area contributed by atoms with Crippen LogP contribution >= 0.6 is 0 Å². The van der Waals surface area contributed by atoms with Crippen LogP contribution in [0.15, 0.2) is 26.9 Å². The molecule has 2 atom stereocenters. The molecule has 144 valence electrons. The molecule has 1 aliphatic heterocycles. The van der Waals surface area contributed by atoms with E-state index in [0.29, 0.717) is 17.1 Å². The summed E-state index contributed by atoms with van der Waals surface area (Å²) in [7, 11) is 0. The second-order valence-electron chi connectivity index (χ2n) is 7.88. The molecule has 0 fully saturated rings. The minimum absolute atomic E-state index is 0.271. The number of aldehydes is 1. The number of rotatable bonds is 4. The van der Waals surface area contributed by atoms with Crippen molar-refractivity contribution in [1.82, 2.24) is 0 Å². The minimum Gasteiger partial charge on any atom is -0.489 e. The first-order valence-corrected chi connectivity index (χ1v) is 9.17. The fourth-order valence-corrected chi connectivity index (χ4v) is 3.39. The van der Waals surface area contributed by atoms with Crippen LogP contribution in [0.25, 0.3) is 16.5 Å². The quantitative estimate of drug-likeness (QED) is 0.578. The Morgan fingerprint density at radius 1 is 1.15 bits per heavy atom. The summed E-state index contributed by atoms with van der Waals surface area (Å²) in [5.41, 5.74) is 3.32. The molecule has 5 nitrogen and oxygen atoms in total. The molecule has 3 rings (SSSR count). The second-order valence-corrected chi connectivity index (χ2v) is 7.88. The van der Waals surface area contributed by atoms with E-state index >= 15 is 0 Å². The van der Waals surface area contributed by atoms with Gasteiger partial charge in [-0.25, -0.2) is 4.79 Å². The van der Waals surface area contributed by atoms with Gasteiger partial charge >= 0.3 is 5.63 Å². The topological polar surface area (TPSA) is 65.7 Å². The molecular weight excluding hydrogens is 344 g/mol. The van der Waals surface area contributed by atoms with Crippen molar-refractivity contribution >= 4 is 22.8 Å². The van der Waals surface area contributed by atoms with Crippen molar-refractivity contribution in [3.8, 4) is 11.5 Å². The number of benzene rings is 1. The number of allylic oxidation sites excluding steroid dienone is 1. The van der Waals surface area contributed by atoms with E-state index in [9.17, 15) is 9.59 Å². The Labute approximate surface area is 159 Å². The summed E-state index contributed by atoms with van der Waals surface area (Å²) < 4.78 is 18.0. The maximum Gasteiger partial charge on any atom is 0.336 e. The molecule has 0 bridgehead atoms. The summed E-state index contributed by atoms with van der Waals surface area (Å²) >= 11 is 0. The van der Waals surface area contributed by atoms with Gasteiger partial charge in [0.25, 0.3) is 0 Å². The first-order chi connectivity index (χ1) is 12.6. The molecule has 0 saturated heterocycles. The van der Waals surface area contributed by atoms with Crippen LogP contribution in [0.4, 0.5) is 0 Å². The van der Waals surface area contributed by atoms with Crippen molar-refractivity contribution in [2.24, 2.45) is 5.92 Å². The summed E-state index contributed by atoms with van der Waals surface area (Å²) in [6.07, 6.45) is 0.541. The molecule has 0 saturated carbocycles. The molecule has 0 spiro atoms. The van der Waals surface area contributed by atoms with Crippen LogP contribution in [0, 0.1) is 12.8 Å². The standard InChI is InChI=1S/C22H26O5/c1-11-8-18(24)26-16-9-17(25-15(5)12(2)10-23)20-13(3)14(4)22(6,7)27-21(20)19(11)16/h8-10,12,15H,1-7H3/t12?,15-/m1/s1. The zero-order valence-electron chi connectivity index (χ0n) is 16.9. The van der Waals surface area contributed by atoms with E-state index in [1.165, 1.54) is 6.07 Å². The van der Waals surface area contributed by atoms with Gasteiger partial charge in [0, 0.05) is 18.1 Å². The molecule has 0 aliphatic carbocycles. The zero-order valence-corrected chi connectivity index (χ0v) is 16.9. The molecule has 27 heavy (non-hydrogen) atoms. The summed E-state index contributed by atoms with van der Waals surface area (Å²) in [4.78, 5) is 23.1. The van der Waals surface area contributed by atoms with Gasteiger partial charge in [-0.2, -0.15) is 0 Å². The highest BCUT2D eigenvalue weighted by Gasteiger charge is 2.35. The van der Waals surface area contributed by atoms with Gasteiger partial charge in [-0.3, -0.25) is 0 Å². The van der Waals surface area contributed by atoms with Gasteiger partial charge in [-0.1, -0.05) is 6.92 Å². The van der Waals surface area contributed by atoms with E-state index in [4.69, 9.17) is 13.9 Å². The Hall–Kier alpha value is -2.56. The highest BCUT2D eigenvalue weighted by Crippen LogP contribution is 2.49. The monoisotopic (exact) mass is 370 g/mol. The maximum atomic E-state index is 11.9. The molecule has 1 aromatic carbocycles. The summed E-state index contributed by atoms with van der Waals surface area (Å²) in [5.74, 6) is 0.940. The van der Waals surface area contributed by atoms with E-state index in [2.05, 4.69) is 0 Å². The molecule has 0 radical (unpaired) electrons. The smallest absolute Gasteiger partial charge is 0.336 e. The SMILES string of the molecule is CC1=C(C)C(C)(C)Oc2c1c(O[C@H](C)C(C)C=O)cc1oc(=O)cc(C)c21. The first-order valence-electron chi connectivity index (χ1n) is 9.17. The highest BCUT2D eigenvalue weighted by molar-refractivity contribution is 5.96. The van der Waals surface area contributed by atoms with Crippen molar-refractivity contribution in [3.63, 3.8) is 0 Å². The average molecular weight is 370 g/mol. The van der Waals surface area contributed by atoms with Crippen LogP contribution in [-0.2, 0) is 4.79 Å². The van der Waals surface area contributed by atoms with E-state index < -0.39 is 11.2 Å². The van der Waals surface area contributed by atoms with E-state index in [1.54, 1.807) is 6.07 Å². The normalized spacial score (nSPS) is 17.9. The lowest BCUT2D eigenvalue weighted by Gasteiger charge is -2.36. The van der Waals surface area contributed by atoms with Gasteiger partial charge in [-0.05, 0) is 58.3 Å². The van der Waals surface area contributed by atoms with E-state index in [1.807, 2.05) is 48.5 Å². The largest absolute Gasteiger partial charge is 0.489 e. The third-order valence-electron chi connectivity index (χ3n) is 5.61. The van der Waals surface area contributed by atoms with Gasteiger partial charge in [0.05, 0.1) is 10.9 Å². The molecule has 1 aliphatic rings. The number of carbonyl (C=O) groups excluding carboxylic acids is 1. The number of ether oxygens (including phenoxy) is 2. The average Bonchev–Trinajstić information content (AvgIpc) is 2.57. The van der Waals surface area contributed by atoms with Crippen molar-refractivity contribution < 1.29 is 18.7 Å². The third kappa shape index (κ3) is 3.15. The number of fused-ring (bicyclic) bond motifs is 3. The lowest BCUT2D eigenvalue weighted by atomic mass is 9.86. The summed E-state index contributed by atoms with van der Waals surface area (Å²) in [5, 5.41) is 0.771. The van der Waals surface area contributed by atoms with E-state index in [-0.39, 0.29) is 12.0 Å². The van der Waals surface area contributed by atoms with Crippen molar-refractivity contribution in [2.45, 2.75) is 60.2 Å². The predicted octanol–water partition coefficient (Wildman–Crippen LogP) is 4.67. The fourth-order valence-electron chi connectivity index (χ4n) is 3.39. The molecule has 2 heterocycles. The van der Waals surface area contributed by atoms with Crippen LogP contribution in [0.2, 0.25) is 0 Å². The first kappa shape index (κ1) is 19.2. The molecule has 0 amide bonds. The van der Waals surface area contributed by atoms with E-state index in [0.717, 1.165) is 33.9 Å². The fraction of sp³-hybridized carbons (Fsp3) is 0.455. The molecular formula is C22H26O5. The lowest BCUT2D eigenvalue weighted by Crippen LogP contribution is -2.34.